The number of alkyl halides is 3. The van der Waals surface area contributed by atoms with Gasteiger partial charge in [-0.1, -0.05) is 48.5 Å². The molecular formula is C103H145F3N20O12S4. The Hall–Kier alpha value is -10.3. The van der Waals surface area contributed by atoms with Crippen LogP contribution in [0.4, 0.5) is 36.4 Å². The molecule has 0 aromatic carbocycles. The van der Waals surface area contributed by atoms with Gasteiger partial charge in [0.2, 0.25) is 0 Å². The summed E-state index contributed by atoms with van der Waals surface area (Å²) in [6.45, 7) is 45.2. The van der Waals surface area contributed by atoms with Gasteiger partial charge < -0.3 is 82.6 Å². The fourth-order valence-electron chi connectivity index (χ4n) is 18.0. The number of hydrogen-bond donors (Lipinski definition) is 12. The first-order valence-electron chi connectivity index (χ1n) is 49.5. The lowest BCUT2D eigenvalue weighted by Crippen LogP contribution is -2.38. The van der Waals surface area contributed by atoms with Crippen LogP contribution in [0.5, 0.6) is 0 Å². The second kappa shape index (κ2) is 44.7. The van der Waals surface area contributed by atoms with Crippen LogP contribution in [-0.4, -0.2) is 262 Å². The molecule has 5 aliphatic heterocycles. The van der Waals surface area contributed by atoms with E-state index in [1.807, 2.05) is 75.6 Å². The summed E-state index contributed by atoms with van der Waals surface area (Å²) < 4.78 is 42.8. The van der Waals surface area contributed by atoms with E-state index in [9.17, 15) is 72.0 Å². The van der Waals surface area contributed by atoms with Crippen molar-refractivity contribution >= 4 is 116 Å². The summed E-state index contributed by atoms with van der Waals surface area (Å²) in [5, 5.41) is 64.7. The number of aliphatic hydroxyl groups is 4. The SMILES string of the molecule is CC[C@H](Nc1cc(C)c(-c2sc(C(=O)NCC(C)(C)O)nc2C(=O)N2CCC[C@@H]2C)cn1)C1CC1.Cc1cc(NC2CCCC2(C)F)ncc1-c1sc(C(=O)NCC(C)(C)O)nc1C(=O)N1CCC[C@@H]1C.Cc1cc(NCC(C)(C)C)ncc1-c1sc(C(=O)NCC(C)(C)O)nc1C(=O)N1C2CCC1CC2.Cc1cc(NCC(C)(C)C)ncc1-c1sc(C(=O)NCC(C)(C)O)nc1C(=O)N1CC(F)(F)C[C@@H]1C. The van der Waals surface area contributed by atoms with Gasteiger partial charge in [0.25, 0.3) is 53.2 Å². The zero-order valence-corrected chi connectivity index (χ0v) is 89.7. The topological polar surface area (TPSA) is 430 Å². The summed E-state index contributed by atoms with van der Waals surface area (Å²) in [7, 11) is 0. The molecule has 32 nitrogen and oxygen atoms in total. The van der Waals surface area contributed by atoms with Gasteiger partial charge in [-0.3, -0.25) is 38.4 Å². The van der Waals surface area contributed by atoms with E-state index < -0.39 is 82.5 Å². The van der Waals surface area contributed by atoms with Gasteiger partial charge in [0.15, 0.2) is 20.0 Å². The Morgan fingerprint density at radius 1 is 0.430 bits per heavy atom. The van der Waals surface area contributed by atoms with E-state index in [1.165, 1.54) is 35.5 Å². The van der Waals surface area contributed by atoms with Crippen molar-refractivity contribution in [1.29, 1.82) is 0 Å². The highest BCUT2D eigenvalue weighted by molar-refractivity contribution is 7.18. The number of pyridine rings is 4. The molecule has 0 spiro atoms. The number of halogens is 3. The predicted molar refractivity (Wildman–Crippen MR) is 554 cm³/mol. The molecule has 0 radical (unpaired) electrons. The van der Waals surface area contributed by atoms with Crippen molar-refractivity contribution in [2.45, 2.75) is 332 Å². The third kappa shape index (κ3) is 29.1. The third-order valence-electron chi connectivity index (χ3n) is 26.1. The third-order valence-corrected chi connectivity index (χ3v) is 30.5. The predicted octanol–water partition coefficient (Wildman–Crippen LogP) is 17.2. The van der Waals surface area contributed by atoms with Gasteiger partial charge in [-0.2, -0.15) is 0 Å². The quantitative estimate of drug-likeness (QED) is 0.0199. The summed E-state index contributed by atoms with van der Waals surface area (Å²) in [6.07, 6.45) is 20.0. The second-order valence-corrected chi connectivity index (χ2v) is 48.5. The highest BCUT2D eigenvalue weighted by Gasteiger charge is 2.48. The monoisotopic (exact) mass is 2040 g/mol. The number of likely N-dealkylation sites (tertiary alicyclic amines) is 3. The Morgan fingerprint density at radius 2 is 0.754 bits per heavy atom. The van der Waals surface area contributed by atoms with Crippen LogP contribution in [-0.2, 0) is 0 Å². The summed E-state index contributed by atoms with van der Waals surface area (Å²) in [4.78, 5) is 151. The van der Waals surface area contributed by atoms with Crippen LogP contribution in [0.25, 0.3) is 41.8 Å². The average molecular weight is 2040 g/mol. The standard InChI is InChI=1S/C26H36FN5O3S.2C26H37N5O3S.C25H35F2N5O3S/c1-15-12-19(30-18-9-6-10-26(18,5)27)28-13-17(15)21-20(24(34)32-11-7-8-16(32)2)31-23(36-21)22(33)29-14-25(3,4)35;1-15-11-19(28-13-25(2,3)4)27-12-18(15)21-20(24(33)31-16-7-8-17(31)10-9-16)30-23(35-21)22(32)29-14-26(5,6)34;1-6-19(17-9-10-17)29-20-12-15(2)18(13-27-20)22-21(25(33)31-11-7-8-16(31)3)30-24(35-22)23(32)28-14-26(4,5)34;1-14-8-17(29-11-23(3,4)5)28-10-16(14)19-18(22(34)32-13-25(26,27)9-15(32)2)31-21(36-19)20(33)30-12-24(6,7)35/h12-13,16,18,35H,6-11,14H2,1-5H3,(H,28,30)(H,29,33);11-12,16-17,34H,7-10,13-14H2,1-6H3,(H,27,28)(H,29,32);12-13,16-17,19,34H,6-11,14H2,1-5H3,(H,27,29)(H,28,32);8,10,15,35H,9,11-13H2,1-7H3,(H,28,29)(H,30,33)/t16-,18?,26?;;16-,19-;15-/m0.00/s1. The number of fused-ring (bicyclic) bond motifs is 2. The lowest BCUT2D eigenvalue weighted by molar-refractivity contribution is 0.0117. The molecule has 8 amide bonds. The zero-order chi connectivity index (χ0) is 104. The molecule has 7 aliphatic rings. The van der Waals surface area contributed by atoms with Crippen LogP contribution < -0.4 is 42.5 Å². The highest BCUT2D eigenvalue weighted by Crippen LogP contribution is 2.46. The molecule has 8 aromatic heterocycles. The van der Waals surface area contributed by atoms with Crippen LogP contribution in [0.2, 0.25) is 0 Å². The van der Waals surface area contributed by atoms with Crippen molar-refractivity contribution in [3.63, 3.8) is 0 Å². The fraction of sp³-hybridized carbons (Fsp3) is 0.612. The van der Waals surface area contributed by atoms with Crippen molar-refractivity contribution in [3.8, 4) is 41.8 Å². The number of nitrogens with one attached hydrogen (secondary N) is 8. The van der Waals surface area contributed by atoms with Gasteiger partial charge in [0.1, 0.15) is 51.7 Å². The first-order valence-corrected chi connectivity index (χ1v) is 52.7. The molecule has 5 saturated heterocycles. The second-order valence-electron chi connectivity index (χ2n) is 44.5. The Kier molecular flexibility index (Phi) is 34.8. The molecule has 7 fully saturated rings. The minimum atomic E-state index is -2.98. The van der Waals surface area contributed by atoms with Crippen LogP contribution in [0, 0.1) is 44.4 Å². The Labute approximate surface area is 847 Å². The molecule has 2 unspecified atom stereocenters. The van der Waals surface area contributed by atoms with E-state index in [4.69, 9.17) is 0 Å². The molecular weight excluding hydrogens is 1890 g/mol. The summed E-state index contributed by atoms with van der Waals surface area (Å²) >= 11 is 4.54. The zero-order valence-electron chi connectivity index (χ0n) is 86.4. The van der Waals surface area contributed by atoms with Gasteiger partial charge >= 0.3 is 0 Å². The van der Waals surface area contributed by atoms with Crippen LogP contribution in [0.15, 0.2) is 49.1 Å². The first kappa shape index (κ1) is 110. The van der Waals surface area contributed by atoms with Crippen molar-refractivity contribution in [1.82, 2.24) is 80.7 Å². The smallest absolute Gasteiger partial charge is 0.280 e. The van der Waals surface area contributed by atoms with Crippen LogP contribution in [0.1, 0.15) is 331 Å². The minimum absolute atomic E-state index is 0.00513. The number of thiazole rings is 4. The number of nitrogens with zero attached hydrogens (tertiary/aromatic N) is 12. The Bertz CT molecular complexity index is 5870. The number of aromatic nitrogens is 8. The largest absolute Gasteiger partial charge is 0.389 e. The van der Waals surface area contributed by atoms with Crippen molar-refractivity contribution in [2.75, 3.05) is 80.2 Å². The number of carbonyl (C=O) groups excluding carboxylic acids is 8. The van der Waals surface area contributed by atoms with Crippen LogP contribution >= 0.6 is 45.3 Å². The minimum Gasteiger partial charge on any atom is -0.389 e. The van der Waals surface area contributed by atoms with Gasteiger partial charge in [0.05, 0.1) is 54.5 Å². The molecule has 39 heteroatoms. The number of hydrogen-bond acceptors (Lipinski definition) is 28. The molecule has 2 saturated carbocycles. The fourth-order valence-corrected chi connectivity index (χ4v) is 22.2. The Balaban J connectivity index is 0.000000169. The van der Waals surface area contributed by atoms with E-state index in [1.54, 1.807) is 98.9 Å². The van der Waals surface area contributed by atoms with E-state index >= 15 is 0 Å². The maximum Gasteiger partial charge on any atom is 0.280 e. The van der Waals surface area contributed by atoms with Gasteiger partial charge in [0, 0.05) is 142 Å². The van der Waals surface area contributed by atoms with Crippen LogP contribution in [0.3, 0.4) is 0 Å². The normalized spacial score (nSPS) is 20.2. The molecule has 15 rings (SSSR count). The lowest BCUT2D eigenvalue weighted by Gasteiger charge is -2.24. The molecule has 142 heavy (non-hydrogen) atoms. The number of amides is 8. The number of anilines is 4. The van der Waals surface area contributed by atoms with E-state index in [-0.39, 0.29) is 116 Å². The average Bonchev–Trinajstić information content (AvgIpc) is 1.71. The van der Waals surface area contributed by atoms with Gasteiger partial charge in [-0.15, -0.1) is 45.3 Å². The van der Waals surface area contributed by atoms with Gasteiger partial charge in [-0.05, 0) is 264 Å². The summed E-state index contributed by atoms with van der Waals surface area (Å²) in [6, 6.07) is 7.92. The first-order chi connectivity index (χ1) is 66.2. The molecule has 2 bridgehead atoms. The molecule has 2 aliphatic carbocycles. The molecule has 774 valence electrons. The van der Waals surface area contributed by atoms with Gasteiger partial charge in [-0.25, -0.2) is 53.0 Å². The Morgan fingerprint density at radius 3 is 1.04 bits per heavy atom. The number of aryl methyl sites for hydroxylation is 4. The number of rotatable bonds is 30. The molecule has 13 heterocycles. The lowest BCUT2D eigenvalue weighted by atomic mass is 9.97. The summed E-state index contributed by atoms with van der Waals surface area (Å²) in [5.41, 5.74) is 1.90. The van der Waals surface area contributed by atoms with E-state index in [2.05, 4.69) is 131 Å². The highest BCUT2D eigenvalue weighted by atomic mass is 32.1. The number of carbonyl (C=O) groups is 8. The molecule has 8 aromatic rings. The summed E-state index contributed by atoms with van der Waals surface area (Å²) in [5.74, 6) is -2.28. The van der Waals surface area contributed by atoms with E-state index in [0.717, 1.165) is 156 Å². The van der Waals surface area contributed by atoms with Crippen molar-refractivity contribution in [2.24, 2.45) is 16.7 Å². The maximum absolute atomic E-state index is 14.7. The van der Waals surface area contributed by atoms with E-state index in [0.29, 0.717) is 85.8 Å². The van der Waals surface area contributed by atoms with Crippen molar-refractivity contribution < 1.29 is 72.0 Å². The molecule has 6 atom stereocenters. The maximum atomic E-state index is 14.7. The van der Waals surface area contributed by atoms with Crippen molar-refractivity contribution in [3.05, 3.63) is 114 Å². The molecule has 12 N–H and O–H groups in total.